The molecule has 2 rings (SSSR count). The molecule has 0 aromatic carbocycles. The Morgan fingerprint density at radius 3 is 3.00 bits per heavy atom. The molecule has 1 aliphatic rings. The second-order valence-electron chi connectivity index (χ2n) is 4.57. The van der Waals surface area contributed by atoms with Gasteiger partial charge in [0.15, 0.2) is 0 Å². The van der Waals surface area contributed by atoms with Gasteiger partial charge < -0.3 is 9.84 Å². The average Bonchev–Trinajstić information content (AvgIpc) is 2.95. The van der Waals surface area contributed by atoms with Gasteiger partial charge in [0.05, 0.1) is 12.1 Å². The lowest BCUT2D eigenvalue weighted by Crippen LogP contribution is -1.98. The minimum atomic E-state index is -0.746. The Morgan fingerprint density at radius 1 is 1.56 bits per heavy atom. The maximum absolute atomic E-state index is 10.7. The lowest BCUT2D eigenvalue weighted by atomic mass is 10.1. The van der Waals surface area contributed by atoms with Crippen LogP contribution in [0.4, 0.5) is 0 Å². The molecular formula is C13H19NO3S. The van der Waals surface area contributed by atoms with Crippen molar-refractivity contribution in [2.75, 3.05) is 6.61 Å². The van der Waals surface area contributed by atoms with Crippen molar-refractivity contribution in [2.45, 2.75) is 51.6 Å². The highest BCUT2D eigenvalue weighted by molar-refractivity contribution is 7.11. The van der Waals surface area contributed by atoms with Crippen molar-refractivity contribution in [1.29, 1.82) is 0 Å². The van der Waals surface area contributed by atoms with Crippen molar-refractivity contribution in [3.05, 3.63) is 15.6 Å². The zero-order valence-corrected chi connectivity index (χ0v) is 11.5. The predicted octanol–water partition coefficient (Wildman–Crippen LogP) is 2.96. The molecule has 1 N–H and O–H groups in total. The van der Waals surface area contributed by atoms with Crippen LogP contribution in [0.5, 0.6) is 0 Å². The Morgan fingerprint density at radius 2 is 2.39 bits per heavy atom. The number of aryl methyl sites for hydroxylation is 2. The van der Waals surface area contributed by atoms with Crippen LogP contribution in [0.1, 0.15) is 54.3 Å². The van der Waals surface area contributed by atoms with E-state index in [4.69, 9.17) is 9.84 Å². The number of carboxylic acid groups (broad SMARTS) is 1. The quantitative estimate of drug-likeness (QED) is 0.862. The highest BCUT2D eigenvalue weighted by Crippen LogP contribution is 2.33. The van der Waals surface area contributed by atoms with Gasteiger partial charge in [0.1, 0.15) is 11.1 Å². The zero-order chi connectivity index (χ0) is 13.0. The van der Waals surface area contributed by atoms with Crippen LogP contribution in [0.3, 0.4) is 0 Å². The van der Waals surface area contributed by atoms with Crippen LogP contribution in [0.15, 0.2) is 0 Å². The van der Waals surface area contributed by atoms with Gasteiger partial charge in [-0.05, 0) is 25.7 Å². The molecule has 0 aliphatic carbocycles. The van der Waals surface area contributed by atoms with E-state index in [2.05, 4.69) is 11.9 Å². The summed E-state index contributed by atoms with van der Waals surface area (Å²) in [5.74, 6) is -0.746. The van der Waals surface area contributed by atoms with Crippen LogP contribution in [-0.4, -0.2) is 22.7 Å². The number of rotatable bonds is 6. The Hall–Kier alpha value is -0.940. The summed E-state index contributed by atoms with van der Waals surface area (Å²) < 4.78 is 5.64. The molecule has 1 aliphatic heterocycles. The van der Waals surface area contributed by atoms with E-state index in [-0.39, 0.29) is 12.5 Å². The molecule has 0 radical (unpaired) electrons. The molecule has 5 heteroatoms. The number of hydrogen-bond donors (Lipinski definition) is 1. The lowest BCUT2D eigenvalue weighted by molar-refractivity contribution is -0.136. The summed E-state index contributed by atoms with van der Waals surface area (Å²) in [6.07, 6.45) is 5.02. The molecule has 0 saturated carbocycles. The first-order valence-corrected chi connectivity index (χ1v) is 7.34. The normalized spacial score (nSPS) is 19.3. The monoisotopic (exact) mass is 269 g/mol. The fraction of sp³-hybridized carbons (Fsp3) is 0.692. The highest BCUT2D eigenvalue weighted by Gasteiger charge is 2.23. The summed E-state index contributed by atoms with van der Waals surface area (Å²) in [6.45, 7) is 2.93. The van der Waals surface area contributed by atoms with E-state index in [9.17, 15) is 4.79 Å². The second-order valence-corrected chi connectivity index (χ2v) is 5.68. The number of thiazole rings is 1. The largest absolute Gasteiger partial charge is 0.481 e. The Balaban J connectivity index is 2.11. The molecule has 1 atom stereocenters. The summed E-state index contributed by atoms with van der Waals surface area (Å²) in [5.41, 5.74) is 1.08. The van der Waals surface area contributed by atoms with Gasteiger partial charge in [-0.2, -0.15) is 0 Å². The Labute approximate surface area is 111 Å². The summed E-state index contributed by atoms with van der Waals surface area (Å²) in [6, 6.07) is 0. The molecule has 18 heavy (non-hydrogen) atoms. The number of carbonyl (C=O) groups is 1. The molecule has 1 saturated heterocycles. The number of hydrogen-bond acceptors (Lipinski definition) is 4. The summed E-state index contributed by atoms with van der Waals surface area (Å²) in [4.78, 5) is 16.5. The topological polar surface area (TPSA) is 59.4 Å². The van der Waals surface area contributed by atoms with E-state index in [1.165, 1.54) is 0 Å². The van der Waals surface area contributed by atoms with Crippen LogP contribution < -0.4 is 0 Å². The van der Waals surface area contributed by atoms with E-state index in [0.717, 1.165) is 47.9 Å². The standard InChI is InChI=1S/C13H19NO3S/c1-2-4-9-11(6-7-12(15)16)18-13(14-9)10-5-3-8-17-10/h10H,2-8H2,1H3,(H,15,16). The minimum absolute atomic E-state index is 0.143. The molecule has 4 nitrogen and oxygen atoms in total. The Bertz CT molecular complexity index is 410. The van der Waals surface area contributed by atoms with Gasteiger partial charge >= 0.3 is 5.97 Å². The van der Waals surface area contributed by atoms with E-state index in [1.807, 2.05) is 0 Å². The van der Waals surface area contributed by atoms with Gasteiger partial charge in [0.2, 0.25) is 0 Å². The maximum Gasteiger partial charge on any atom is 0.303 e. The van der Waals surface area contributed by atoms with Gasteiger partial charge in [-0.1, -0.05) is 13.3 Å². The molecule has 1 unspecified atom stereocenters. The van der Waals surface area contributed by atoms with Gasteiger partial charge in [-0.25, -0.2) is 4.98 Å². The number of aromatic nitrogens is 1. The first-order chi connectivity index (χ1) is 8.70. The van der Waals surface area contributed by atoms with Crippen molar-refractivity contribution in [3.8, 4) is 0 Å². The lowest BCUT2D eigenvalue weighted by Gasteiger charge is -2.03. The van der Waals surface area contributed by atoms with Gasteiger partial charge in [0.25, 0.3) is 0 Å². The fourth-order valence-electron chi connectivity index (χ4n) is 2.16. The SMILES string of the molecule is CCCc1nc(C2CCCO2)sc1CCC(=O)O. The van der Waals surface area contributed by atoms with Crippen molar-refractivity contribution in [2.24, 2.45) is 0 Å². The molecule has 1 fully saturated rings. The third-order valence-corrected chi connectivity index (χ3v) is 4.30. The van der Waals surface area contributed by atoms with Crippen LogP contribution in [0, 0.1) is 0 Å². The number of nitrogens with zero attached hydrogens (tertiary/aromatic N) is 1. The fourth-order valence-corrected chi connectivity index (χ4v) is 3.36. The molecule has 100 valence electrons. The van der Waals surface area contributed by atoms with Crippen LogP contribution >= 0.6 is 11.3 Å². The minimum Gasteiger partial charge on any atom is -0.481 e. The molecular weight excluding hydrogens is 250 g/mol. The molecule has 0 spiro atoms. The average molecular weight is 269 g/mol. The molecule has 1 aromatic heterocycles. The van der Waals surface area contributed by atoms with Crippen molar-refractivity contribution < 1.29 is 14.6 Å². The van der Waals surface area contributed by atoms with E-state index in [0.29, 0.717) is 6.42 Å². The van der Waals surface area contributed by atoms with E-state index >= 15 is 0 Å². The third kappa shape index (κ3) is 3.29. The van der Waals surface area contributed by atoms with E-state index in [1.54, 1.807) is 11.3 Å². The number of aliphatic carboxylic acids is 1. The maximum atomic E-state index is 10.7. The molecule has 0 amide bonds. The van der Waals surface area contributed by atoms with Gasteiger partial charge in [-0.3, -0.25) is 4.79 Å². The summed E-state index contributed by atoms with van der Waals surface area (Å²) >= 11 is 1.64. The number of ether oxygens (including phenoxy) is 1. The van der Waals surface area contributed by atoms with Gasteiger partial charge in [0, 0.05) is 11.5 Å². The second kappa shape index (κ2) is 6.29. The zero-order valence-electron chi connectivity index (χ0n) is 10.6. The van der Waals surface area contributed by atoms with Crippen molar-refractivity contribution in [1.82, 2.24) is 4.98 Å². The molecule has 1 aromatic rings. The Kier molecular flexibility index (Phi) is 4.72. The predicted molar refractivity (Wildman–Crippen MR) is 70.0 cm³/mol. The first kappa shape index (κ1) is 13.5. The third-order valence-electron chi connectivity index (χ3n) is 3.05. The van der Waals surface area contributed by atoms with Gasteiger partial charge in [-0.15, -0.1) is 11.3 Å². The summed E-state index contributed by atoms with van der Waals surface area (Å²) in [7, 11) is 0. The first-order valence-electron chi connectivity index (χ1n) is 6.52. The van der Waals surface area contributed by atoms with Crippen LogP contribution in [0.2, 0.25) is 0 Å². The van der Waals surface area contributed by atoms with Crippen molar-refractivity contribution >= 4 is 17.3 Å². The molecule has 2 heterocycles. The van der Waals surface area contributed by atoms with Crippen molar-refractivity contribution in [3.63, 3.8) is 0 Å². The van der Waals surface area contributed by atoms with E-state index < -0.39 is 5.97 Å². The highest BCUT2D eigenvalue weighted by atomic mass is 32.1. The number of carboxylic acids is 1. The summed E-state index contributed by atoms with van der Waals surface area (Å²) in [5, 5.41) is 9.81. The smallest absolute Gasteiger partial charge is 0.303 e. The molecule has 0 bridgehead atoms. The van der Waals surface area contributed by atoms with Crippen LogP contribution in [-0.2, 0) is 22.4 Å². The van der Waals surface area contributed by atoms with Crippen LogP contribution in [0.25, 0.3) is 0 Å².